The van der Waals surface area contributed by atoms with Gasteiger partial charge < -0.3 is 9.84 Å². The molecule has 5 atom stereocenters. The van der Waals surface area contributed by atoms with Gasteiger partial charge in [-0.15, -0.1) is 11.6 Å². The molecular formula is C28H29ClO5. The fourth-order valence-electron chi connectivity index (χ4n) is 7.16. The number of rotatable bonds is 4. The summed E-state index contributed by atoms with van der Waals surface area (Å²) in [5, 5.41) is 11.5. The molecule has 4 aliphatic rings. The molecule has 6 heteroatoms. The van der Waals surface area contributed by atoms with E-state index in [9.17, 15) is 19.5 Å². The van der Waals surface area contributed by atoms with Crippen LogP contribution < -0.4 is 0 Å². The smallest absolute Gasteiger partial charge is 0.339 e. The van der Waals surface area contributed by atoms with E-state index in [-0.39, 0.29) is 29.8 Å². The number of hydrogen-bond acceptors (Lipinski definition) is 5. The second-order valence-corrected chi connectivity index (χ2v) is 10.7. The molecular weight excluding hydrogens is 452 g/mol. The zero-order valence-corrected chi connectivity index (χ0v) is 20.2. The summed E-state index contributed by atoms with van der Waals surface area (Å²) in [5.74, 6) is -1.17. The van der Waals surface area contributed by atoms with Gasteiger partial charge in [0.15, 0.2) is 17.2 Å². The van der Waals surface area contributed by atoms with E-state index in [0.717, 1.165) is 23.1 Å². The van der Waals surface area contributed by atoms with Crippen molar-refractivity contribution in [3.63, 3.8) is 0 Å². The Kier molecular flexibility index (Phi) is 5.49. The molecule has 0 aromatic heterocycles. The van der Waals surface area contributed by atoms with Crippen LogP contribution in [0.15, 0.2) is 65.3 Å². The van der Waals surface area contributed by atoms with E-state index in [1.54, 1.807) is 36.4 Å². The number of benzene rings is 1. The first kappa shape index (κ1) is 23.3. The van der Waals surface area contributed by atoms with Crippen LogP contribution in [0, 0.1) is 16.7 Å². The Morgan fingerprint density at radius 1 is 1.18 bits per heavy atom. The number of allylic oxidation sites excluding steroid dienone is 5. The molecule has 0 saturated heterocycles. The molecule has 34 heavy (non-hydrogen) atoms. The Labute approximate surface area is 204 Å². The first-order valence-electron chi connectivity index (χ1n) is 11.9. The predicted octanol–water partition coefficient (Wildman–Crippen LogP) is 4.73. The van der Waals surface area contributed by atoms with Gasteiger partial charge in [-0.3, -0.25) is 9.59 Å². The first-order chi connectivity index (χ1) is 16.2. The number of carbonyl (C=O) groups excluding carboxylic acids is 3. The minimum absolute atomic E-state index is 0.0212. The number of halogens is 1. The van der Waals surface area contributed by atoms with Gasteiger partial charge in [0.05, 0.1) is 17.5 Å². The number of hydrogen-bond donors (Lipinski definition) is 1. The second-order valence-electron chi connectivity index (χ2n) is 10.4. The van der Waals surface area contributed by atoms with Crippen LogP contribution in [0.5, 0.6) is 0 Å². The maximum Gasteiger partial charge on any atom is 0.339 e. The van der Waals surface area contributed by atoms with Gasteiger partial charge in [0.25, 0.3) is 0 Å². The van der Waals surface area contributed by atoms with Crippen molar-refractivity contribution in [2.45, 2.75) is 57.7 Å². The van der Waals surface area contributed by atoms with Crippen molar-refractivity contribution in [1.29, 1.82) is 0 Å². The predicted molar refractivity (Wildman–Crippen MR) is 128 cm³/mol. The average Bonchev–Trinajstić information content (AvgIpc) is 3.11. The third-order valence-electron chi connectivity index (χ3n) is 8.83. The Balaban J connectivity index is 1.59. The number of aliphatic hydroxyl groups is 1. The van der Waals surface area contributed by atoms with Gasteiger partial charge in [-0.1, -0.05) is 42.3 Å². The molecule has 1 aromatic rings. The fraction of sp³-hybridized carbons (Fsp3) is 0.464. The quantitative estimate of drug-likeness (QED) is 0.382. The largest absolute Gasteiger partial charge is 0.447 e. The van der Waals surface area contributed by atoms with E-state index < -0.39 is 28.5 Å². The maximum absolute atomic E-state index is 13.4. The van der Waals surface area contributed by atoms with Gasteiger partial charge in [0.2, 0.25) is 0 Å². The zero-order valence-electron chi connectivity index (χ0n) is 19.5. The number of alkyl halides is 1. The number of esters is 1. The highest BCUT2D eigenvalue weighted by molar-refractivity contribution is 6.29. The van der Waals surface area contributed by atoms with Gasteiger partial charge in [-0.05, 0) is 74.8 Å². The Morgan fingerprint density at radius 2 is 1.91 bits per heavy atom. The summed E-state index contributed by atoms with van der Waals surface area (Å²) in [6.07, 6.45) is 7.13. The summed E-state index contributed by atoms with van der Waals surface area (Å²) in [6.45, 7) is 4.03. The summed E-state index contributed by atoms with van der Waals surface area (Å²) < 4.78 is 6.11. The van der Waals surface area contributed by atoms with Gasteiger partial charge in [-0.2, -0.15) is 0 Å². The molecule has 1 saturated carbocycles. The number of ketones is 2. The summed E-state index contributed by atoms with van der Waals surface area (Å²) >= 11 is 6.08. The zero-order chi connectivity index (χ0) is 24.3. The van der Waals surface area contributed by atoms with Gasteiger partial charge in [-0.25, -0.2) is 4.79 Å². The van der Waals surface area contributed by atoms with Crippen molar-refractivity contribution in [1.82, 2.24) is 0 Å². The maximum atomic E-state index is 13.4. The third-order valence-corrected chi connectivity index (χ3v) is 9.07. The van der Waals surface area contributed by atoms with Gasteiger partial charge in [0, 0.05) is 10.8 Å². The lowest BCUT2D eigenvalue weighted by Crippen LogP contribution is -2.58. The van der Waals surface area contributed by atoms with E-state index in [4.69, 9.17) is 16.3 Å². The molecule has 5 nitrogen and oxygen atoms in total. The van der Waals surface area contributed by atoms with Crippen LogP contribution in [0.3, 0.4) is 0 Å². The molecule has 1 N–H and O–H groups in total. The van der Waals surface area contributed by atoms with Crippen molar-refractivity contribution in [2.75, 3.05) is 5.88 Å². The van der Waals surface area contributed by atoms with Gasteiger partial charge in [0.1, 0.15) is 0 Å². The van der Waals surface area contributed by atoms with Crippen LogP contribution >= 0.6 is 11.6 Å². The van der Waals surface area contributed by atoms with Crippen LogP contribution in [-0.2, 0) is 14.3 Å². The van der Waals surface area contributed by atoms with Crippen molar-refractivity contribution in [3.05, 3.63) is 70.8 Å². The highest BCUT2D eigenvalue weighted by Gasteiger charge is 2.67. The van der Waals surface area contributed by atoms with Crippen molar-refractivity contribution in [3.8, 4) is 0 Å². The number of fused-ring (bicyclic) bond motifs is 4. The molecule has 0 spiro atoms. The number of aliphatic hydroxyl groups excluding tert-OH is 1. The van der Waals surface area contributed by atoms with Crippen molar-refractivity contribution in [2.24, 2.45) is 16.7 Å². The highest BCUT2D eigenvalue weighted by Crippen LogP contribution is 2.65. The van der Waals surface area contributed by atoms with E-state index in [1.807, 2.05) is 19.1 Å². The van der Waals surface area contributed by atoms with E-state index >= 15 is 0 Å². The third kappa shape index (κ3) is 3.13. The van der Waals surface area contributed by atoms with Crippen LogP contribution in [0.4, 0.5) is 0 Å². The summed E-state index contributed by atoms with van der Waals surface area (Å²) in [6, 6.07) is 8.65. The van der Waals surface area contributed by atoms with Crippen LogP contribution in [0.2, 0.25) is 0 Å². The highest BCUT2D eigenvalue weighted by atomic mass is 35.5. The molecule has 178 valence electrons. The first-order valence-corrected chi connectivity index (χ1v) is 12.4. The Hall–Kier alpha value is -2.50. The van der Waals surface area contributed by atoms with Crippen molar-refractivity contribution >= 4 is 29.1 Å². The van der Waals surface area contributed by atoms with Crippen LogP contribution in [0.25, 0.3) is 0 Å². The van der Waals surface area contributed by atoms with Crippen LogP contribution in [0.1, 0.15) is 56.3 Å². The number of Topliss-reactive ketones (excluding diaryl/α,β-unsaturated/α-hetero) is 1. The molecule has 0 amide bonds. The number of carbonyl (C=O) groups is 3. The minimum atomic E-state index is -1.40. The SMILES string of the molecule is C[C@]12C=CC(=O)C=C1CCC1=C2C(O)C[C@@]2(C)[C@H]1CC[C@]2(OC(=O)c1ccccc1)C(=O)CCl. The Morgan fingerprint density at radius 3 is 2.62 bits per heavy atom. The number of ether oxygens (including phenoxy) is 1. The molecule has 0 heterocycles. The molecule has 0 aliphatic heterocycles. The minimum Gasteiger partial charge on any atom is -0.447 e. The molecule has 5 rings (SSSR count). The van der Waals surface area contributed by atoms with Crippen LogP contribution in [-0.4, -0.2) is 40.2 Å². The molecule has 0 bridgehead atoms. The lowest BCUT2D eigenvalue weighted by atomic mass is 9.52. The van der Waals surface area contributed by atoms with Crippen molar-refractivity contribution < 1.29 is 24.2 Å². The topological polar surface area (TPSA) is 80.7 Å². The van der Waals surface area contributed by atoms with E-state index in [2.05, 4.69) is 6.92 Å². The lowest BCUT2D eigenvalue weighted by Gasteiger charge is -2.53. The molecule has 1 unspecified atom stereocenters. The lowest BCUT2D eigenvalue weighted by molar-refractivity contribution is -0.153. The standard InChI is InChI=1S/C28H29ClO5/c1-26-12-10-19(30)14-18(26)8-9-20-21-11-13-28(23(32)16-29,27(21,2)15-22(31)24(20)26)34-25(33)17-6-4-3-5-7-17/h3-7,10,12,14,21-22,31H,8-9,11,13,15-16H2,1-2H3/t21-,22?,26-,27-,28-/m0/s1. The monoisotopic (exact) mass is 480 g/mol. The molecule has 4 aliphatic carbocycles. The molecule has 1 aromatic carbocycles. The molecule has 1 fully saturated rings. The summed E-state index contributed by atoms with van der Waals surface area (Å²) in [7, 11) is 0. The summed E-state index contributed by atoms with van der Waals surface area (Å²) in [4.78, 5) is 38.5. The van der Waals surface area contributed by atoms with E-state index in [1.165, 1.54) is 0 Å². The Bertz CT molecular complexity index is 1160. The average molecular weight is 481 g/mol. The van der Waals surface area contributed by atoms with Gasteiger partial charge >= 0.3 is 5.97 Å². The van der Waals surface area contributed by atoms with E-state index in [0.29, 0.717) is 24.8 Å². The molecule has 0 radical (unpaired) electrons. The summed E-state index contributed by atoms with van der Waals surface area (Å²) in [5.41, 5.74) is 0.793. The fourth-order valence-corrected chi connectivity index (χ4v) is 7.38. The second kappa shape index (κ2) is 8.03. The normalized spacial score (nSPS) is 36.4.